The molecule has 0 amide bonds. The minimum absolute atomic E-state index is 0.444. The van der Waals surface area contributed by atoms with Crippen LogP contribution in [0, 0.1) is 0 Å². The van der Waals surface area contributed by atoms with Crippen molar-refractivity contribution in [3.8, 4) is 5.75 Å². The lowest BCUT2D eigenvalue weighted by atomic mass is 10.3. The van der Waals surface area contributed by atoms with E-state index >= 15 is 0 Å². The topological polar surface area (TPSA) is 18.5 Å². The molecule has 0 aliphatic carbocycles. The predicted octanol–water partition coefficient (Wildman–Crippen LogP) is 5.04. The third kappa shape index (κ3) is 3.75. The molecular weight excluding hydrogens is 334 g/mol. The van der Waals surface area contributed by atoms with Crippen molar-refractivity contribution in [3.63, 3.8) is 0 Å². The molecule has 2 rings (SSSR count). The first-order valence-corrected chi connectivity index (χ1v) is 9.39. The van der Waals surface area contributed by atoms with Gasteiger partial charge in [0.2, 0.25) is 0 Å². The van der Waals surface area contributed by atoms with Crippen LogP contribution in [0.3, 0.4) is 0 Å². The van der Waals surface area contributed by atoms with Gasteiger partial charge in [0.15, 0.2) is 0 Å². The highest BCUT2D eigenvalue weighted by molar-refractivity contribution is 8.13. The third-order valence-electron chi connectivity index (χ3n) is 2.48. The maximum Gasteiger partial charge on any atom is 0.269 e. The lowest BCUT2D eigenvalue weighted by Gasteiger charge is -2.23. The zero-order valence-electron chi connectivity index (χ0n) is 10.8. The van der Waals surface area contributed by atoms with Crippen LogP contribution in [0.2, 0.25) is 10.0 Å². The predicted molar refractivity (Wildman–Crippen MR) is 89.1 cm³/mol. The normalized spacial score (nSPS) is 13.8. The van der Waals surface area contributed by atoms with Gasteiger partial charge in [0.25, 0.3) is 6.49 Å². The maximum absolute atomic E-state index is 6.12. The van der Waals surface area contributed by atoms with Crippen molar-refractivity contribution in [3.05, 3.63) is 58.6 Å². The standard InChI is InChI=1S/C14H13Cl2O2PS/c1-2-17-19(20,12-6-4-3-5-7-12)18-14-10-11(15)8-9-13(14)16/h3-10H,2H2,1H3. The van der Waals surface area contributed by atoms with Crippen molar-refractivity contribution in [2.75, 3.05) is 6.61 Å². The van der Waals surface area contributed by atoms with Gasteiger partial charge in [-0.15, -0.1) is 0 Å². The third-order valence-corrected chi connectivity index (χ3v) is 6.17. The highest BCUT2D eigenvalue weighted by Gasteiger charge is 2.24. The van der Waals surface area contributed by atoms with Crippen LogP contribution < -0.4 is 9.83 Å². The molecule has 0 bridgehead atoms. The average molecular weight is 347 g/mol. The number of hydrogen-bond acceptors (Lipinski definition) is 3. The zero-order chi connectivity index (χ0) is 14.6. The summed E-state index contributed by atoms with van der Waals surface area (Å²) in [5.74, 6) is 0.444. The molecule has 2 aromatic rings. The minimum atomic E-state index is -2.65. The number of rotatable bonds is 5. The molecule has 0 saturated heterocycles. The number of hydrogen-bond donors (Lipinski definition) is 0. The van der Waals surface area contributed by atoms with Gasteiger partial charge in [-0.05, 0) is 43.0 Å². The Hall–Kier alpha value is -0.570. The minimum Gasteiger partial charge on any atom is -0.439 e. The van der Waals surface area contributed by atoms with Crippen LogP contribution in [-0.2, 0) is 16.3 Å². The fraction of sp³-hybridized carbons (Fsp3) is 0.143. The van der Waals surface area contributed by atoms with Crippen LogP contribution in [0.4, 0.5) is 0 Å². The molecule has 0 heterocycles. The van der Waals surface area contributed by atoms with E-state index in [0.29, 0.717) is 22.4 Å². The Kier molecular flexibility index (Phi) is 5.48. The second kappa shape index (κ2) is 6.93. The summed E-state index contributed by atoms with van der Waals surface area (Å²) >= 11 is 17.7. The van der Waals surface area contributed by atoms with Crippen LogP contribution in [-0.4, -0.2) is 6.61 Å². The summed E-state index contributed by atoms with van der Waals surface area (Å²) in [5.41, 5.74) is 0. The molecular formula is C14H13Cl2O2PS. The highest BCUT2D eigenvalue weighted by atomic mass is 35.5. The van der Waals surface area contributed by atoms with Crippen molar-refractivity contribution in [2.45, 2.75) is 6.92 Å². The van der Waals surface area contributed by atoms with Crippen LogP contribution in [0.15, 0.2) is 48.5 Å². The van der Waals surface area contributed by atoms with E-state index in [1.54, 1.807) is 18.2 Å². The molecule has 0 fully saturated rings. The van der Waals surface area contributed by atoms with Gasteiger partial charge in [0.05, 0.1) is 11.6 Å². The molecule has 0 aromatic heterocycles. The van der Waals surface area contributed by atoms with Gasteiger partial charge in [-0.2, -0.15) is 0 Å². The van der Waals surface area contributed by atoms with Crippen molar-refractivity contribution >= 4 is 46.8 Å². The summed E-state index contributed by atoms with van der Waals surface area (Å²) in [5, 5.41) is 1.84. The first kappa shape index (κ1) is 15.8. The molecule has 2 aromatic carbocycles. The van der Waals surface area contributed by atoms with Crippen LogP contribution in [0.5, 0.6) is 5.75 Å². The van der Waals surface area contributed by atoms with Crippen molar-refractivity contribution < 1.29 is 9.05 Å². The Bertz CT molecular complexity index is 634. The first-order valence-electron chi connectivity index (χ1n) is 6.00. The van der Waals surface area contributed by atoms with Crippen molar-refractivity contribution in [1.29, 1.82) is 0 Å². The summed E-state index contributed by atoms with van der Waals surface area (Å²) < 4.78 is 11.6. The van der Waals surface area contributed by atoms with Gasteiger partial charge in [0, 0.05) is 16.4 Å². The van der Waals surface area contributed by atoms with Gasteiger partial charge in [-0.1, -0.05) is 41.4 Å². The Morgan fingerprint density at radius 2 is 1.80 bits per heavy atom. The van der Waals surface area contributed by atoms with Crippen molar-refractivity contribution in [2.24, 2.45) is 0 Å². The summed E-state index contributed by atoms with van der Waals surface area (Å²) in [6.07, 6.45) is 0. The quantitative estimate of drug-likeness (QED) is 0.706. The van der Waals surface area contributed by atoms with Crippen LogP contribution >= 0.6 is 29.7 Å². The maximum atomic E-state index is 6.12. The zero-order valence-corrected chi connectivity index (χ0v) is 14.0. The SMILES string of the molecule is CCOP(=S)(Oc1cc(Cl)ccc1Cl)c1ccccc1. The van der Waals surface area contributed by atoms with E-state index in [2.05, 4.69) is 0 Å². The summed E-state index contributed by atoms with van der Waals surface area (Å²) in [6.45, 7) is -0.306. The Balaban J connectivity index is 2.39. The Labute approximate surface area is 133 Å². The van der Waals surface area contributed by atoms with E-state index < -0.39 is 6.49 Å². The molecule has 6 heteroatoms. The highest BCUT2D eigenvalue weighted by Crippen LogP contribution is 2.49. The summed E-state index contributed by atoms with van der Waals surface area (Å²) in [4.78, 5) is 0. The molecule has 0 spiro atoms. The Morgan fingerprint density at radius 1 is 1.10 bits per heavy atom. The molecule has 0 aliphatic heterocycles. The monoisotopic (exact) mass is 346 g/mol. The molecule has 0 radical (unpaired) electrons. The van der Waals surface area contributed by atoms with Gasteiger partial charge in [-0.25, -0.2) is 0 Å². The fourth-order valence-corrected chi connectivity index (χ4v) is 4.50. The van der Waals surface area contributed by atoms with Crippen LogP contribution in [0.25, 0.3) is 0 Å². The molecule has 1 unspecified atom stereocenters. The van der Waals surface area contributed by atoms with E-state index in [1.807, 2.05) is 37.3 Å². The molecule has 20 heavy (non-hydrogen) atoms. The average Bonchev–Trinajstić information content (AvgIpc) is 2.44. The molecule has 0 aliphatic rings. The molecule has 0 N–H and O–H groups in total. The fourth-order valence-electron chi connectivity index (χ4n) is 1.61. The molecule has 2 nitrogen and oxygen atoms in total. The largest absolute Gasteiger partial charge is 0.439 e. The van der Waals surface area contributed by atoms with Crippen molar-refractivity contribution in [1.82, 2.24) is 0 Å². The summed E-state index contributed by atoms with van der Waals surface area (Å²) in [7, 11) is 0. The number of benzene rings is 2. The molecule has 106 valence electrons. The summed E-state index contributed by atoms with van der Waals surface area (Å²) in [6, 6.07) is 14.5. The first-order chi connectivity index (χ1) is 9.55. The van der Waals surface area contributed by atoms with Gasteiger partial charge >= 0.3 is 0 Å². The molecule has 1 atom stereocenters. The second-order valence-corrected chi connectivity index (χ2v) is 8.15. The van der Waals surface area contributed by atoms with Gasteiger partial charge in [0.1, 0.15) is 5.75 Å². The lowest BCUT2D eigenvalue weighted by molar-refractivity contribution is 0.339. The van der Waals surface area contributed by atoms with E-state index in [9.17, 15) is 0 Å². The number of halogens is 2. The van der Waals surface area contributed by atoms with Gasteiger partial charge < -0.3 is 9.05 Å². The van der Waals surface area contributed by atoms with E-state index in [4.69, 9.17) is 44.1 Å². The van der Waals surface area contributed by atoms with E-state index in [1.165, 1.54) is 0 Å². The van der Waals surface area contributed by atoms with Gasteiger partial charge in [-0.3, -0.25) is 0 Å². The van der Waals surface area contributed by atoms with E-state index in [0.717, 1.165) is 5.30 Å². The smallest absolute Gasteiger partial charge is 0.269 e. The molecule has 0 saturated carbocycles. The Morgan fingerprint density at radius 3 is 2.45 bits per heavy atom. The van der Waals surface area contributed by atoms with Crippen LogP contribution in [0.1, 0.15) is 6.92 Å². The lowest BCUT2D eigenvalue weighted by Crippen LogP contribution is -2.12. The second-order valence-electron chi connectivity index (χ2n) is 3.92. The van der Waals surface area contributed by atoms with E-state index in [-0.39, 0.29) is 0 Å².